The van der Waals surface area contributed by atoms with Crippen molar-refractivity contribution in [3.8, 4) is 0 Å². The maximum Gasteiger partial charge on any atom is 0.306 e. The Hall–Kier alpha value is -1.84. The normalized spacial score (nSPS) is 12.9. The van der Waals surface area contributed by atoms with Crippen LogP contribution in [-0.2, 0) is 18.3 Å². The molecule has 90 valence electrons. The molecule has 1 aromatic carbocycles. The number of rotatable bonds is 3. The molecular formula is C13H16N2O2. The van der Waals surface area contributed by atoms with Crippen molar-refractivity contribution in [1.29, 1.82) is 0 Å². The van der Waals surface area contributed by atoms with Crippen LogP contribution in [0.5, 0.6) is 0 Å². The van der Waals surface area contributed by atoms with Crippen LogP contribution in [0.15, 0.2) is 18.2 Å². The van der Waals surface area contributed by atoms with E-state index in [1.807, 2.05) is 32.2 Å². The van der Waals surface area contributed by atoms with E-state index in [0.29, 0.717) is 6.42 Å². The number of hydrogen-bond donors (Lipinski definition) is 1. The molecule has 1 atom stereocenters. The summed E-state index contributed by atoms with van der Waals surface area (Å²) in [5.41, 5.74) is 3.07. The molecule has 0 spiro atoms. The number of carboxylic acid groups (broad SMARTS) is 1. The zero-order valence-electron chi connectivity index (χ0n) is 10.3. The summed E-state index contributed by atoms with van der Waals surface area (Å²) in [6.45, 7) is 3.74. The molecular weight excluding hydrogens is 216 g/mol. The van der Waals surface area contributed by atoms with Gasteiger partial charge in [0, 0.05) is 24.5 Å². The molecule has 0 aliphatic carbocycles. The van der Waals surface area contributed by atoms with E-state index in [9.17, 15) is 4.79 Å². The van der Waals surface area contributed by atoms with Gasteiger partial charge >= 0.3 is 5.97 Å². The third-order valence-corrected chi connectivity index (χ3v) is 3.03. The number of nitrogens with zero attached hydrogens (tertiary/aromatic N) is 2. The zero-order valence-corrected chi connectivity index (χ0v) is 10.3. The van der Waals surface area contributed by atoms with Gasteiger partial charge in [0.05, 0.1) is 11.4 Å². The molecule has 4 heteroatoms. The first kappa shape index (κ1) is 11.6. The summed E-state index contributed by atoms with van der Waals surface area (Å²) in [5.74, 6) is -1.17. The first-order chi connectivity index (χ1) is 7.99. The van der Waals surface area contributed by atoms with Crippen molar-refractivity contribution in [2.75, 3.05) is 0 Å². The van der Waals surface area contributed by atoms with Crippen LogP contribution in [0.3, 0.4) is 0 Å². The van der Waals surface area contributed by atoms with Gasteiger partial charge in [-0.25, -0.2) is 0 Å². The molecule has 0 aliphatic rings. The molecule has 0 bridgehead atoms. The number of aliphatic carboxylic acids is 1. The number of benzene rings is 1. The van der Waals surface area contributed by atoms with Crippen LogP contribution >= 0.6 is 0 Å². The van der Waals surface area contributed by atoms with Gasteiger partial charge in [0.2, 0.25) is 0 Å². The van der Waals surface area contributed by atoms with E-state index < -0.39 is 11.9 Å². The molecule has 0 amide bonds. The van der Waals surface area contributed by atoms with Crippen LogP contribution in [0, 0.1) is 12.8 Å². The van der Waals surface area contributed by atoms with Crippen molar-refractivity contribution >= 4 is 16.9 Å². The Kier molecular flexibility index (Phi) is 2.88. The van der Waals surface area contributed by atoms with Gasteiger partial charge in [0.15, 0.2) is 0 Å². The van der Waals surface area contributed by atoms with E-state index in [-0.39, 0.29) is 0 Å². The van der Waals surface area contributed by atoms with Crippen LogP contribution in [0.4, 0.5) is 0 Å². The maximum atomic E-state index is 10.9. The van der Waals surface area contributed by atoms with Crippen molar-refractivity contribution in [2.45, 2.75) is 20.3 Å². The van der Waals surface area contributed by atoms with E-state index in [1.54, 1.807) is 11.6 Å². The molecule has 17 heavy (non-hydrogen) atoms. The quantitative estimate of drug-likeness (QED) is 0.882. The van der Waals surface area contributed by atoms with Gasteiger partial charge in [-0.2, -0.15) is 5.10 Å². The Labute approximate surface area is 99.9 Å². The fraction of sp³-hybridized carbons (Fsp3) is 0.385. The number of hydrogen-bond acceptors (Lipinski definition) is 2. The van der Waals surface area contributed by atoms with Gasteiger partial charge in [-0.3, -0.25) is 9.48 Å². The average molecular weight is 232 g/mol. The van der Waals surface area contributed by atoms with Crippen molar-refractivity contribution in [2.24, 2.45) is 13.0 Å². The maximum absolute atomic E-state index is 10.9. The van der Waals surface area contributed by atoms with Crippen molar-refractivity contribution < 1.29 is 9.90 Å². The molecule has 1 unspecified atom stereocenters. The van der Waals surface area contributed by atoms with Crippen LogP contribution in [0.25, 0.3) is 10.9 Å². The second-order valence-electron chi connectivity index (χ2n) is 4.53. The van der Waals surface area contributed by atoms with Crippen LogP contribution in [0.1, 0.15) is 18.2 Å². The molecule has 1 aromatic heterocycles. The highest BCUT2D eigenvalue weighted by atomic mass is 16.4. The molecule has 4 nitrogen and oxygen atoms in total. The van der Waals surface area contributed by atoms with E-state index in [0.717, 1.165) is 22.2 Å². The number of carbonyl (C=O) groups is 1. The molecule has 0 fully saturated rings. The second kappa shape index (κ2) is 4.20. The third-order valence-electron chi connectivity index (χ3n) is 3.03. The summed E-state index contributed by atoms with van der Waals surface area (Å²) < 4.78 is 1.78. The lowest BCUT2D eigenvalue weighted by Crippen LogP contribution is -2.14. The molecule has 0 aliphatic heterocycles. The largest absolute Gasteiger partial charge is 0.481 e. The van der Waals surface area contributed by atoms with Crippen molar-refractivity contribution in [3.05, 3.63) is 29.5 Å². The van der Waals surface area contributed by atoms with Gasteiger partial charge < -0.3 is 5.11 Å². The monoisotopic (exact) mass is 232 g/mol. The first-order valence-electron chi connectivity index (χ1n) is 5.64. The summed E-state index contributed by atoms with van der Waals surface area (Å²) in [7, 11) is 1.86. The lowest BCUT2D eigenvalue weighted by atomic mass is 10.0. The Morgan fingerprint density at radius 2 is 2.24 bits per heavy atom. The average Bonchev–Trinajstić information content (AvgIpc) is 2.54. The minimum Gasteiger partial charge on any atom is -0.481 e. The standard InChI is InChI=1S/C13H16N2O2/c1-8-4-5-10-11(6-8)14-15(3)12(10)7-9(2)13(16)17/h4-6,9H,7H2,1-3H3,(H,16,17). The Balaban J connectivity index is 2.46. The highest BCUT2D eigenvalue weighted by Crippen LogP contribution is 2.21. The lowest BCUT2D eigenvalue weighted by molar-refractivity contribution is -0.141. The van der Waals surface area contributed by atoms with E-state index in [1.165, 1.54) is 0 Å². The topological polar surface area (TPSA) is 55.1 Å². The molecule has 0 saturated carbocycles. The lowest BCUT2D eigenvalue weighted by Gasteiger charge is -2.06. The highest BCUT2D eigenvalue weighted by molar-refractivity contribution is 5.83. The Bertz CT molecular complexity index is 572. The minimum absolute atomic E-state index is 0.394. The fourth-order valence-corrected chi connectivity index (χ4v) is 1.98. The summed E-state index contributed by atoms with van der Waals surface area (Å²) in [5, 5.41) is 14.4. The van der Waals surface area contributed by atoms with Gasteiger partial charge in [0.1, 0.15) is 0 Å². The number of aryl methyl sites for hydroxylation is 2. The SMILES string of the molecule is Cc1ccc2c(CC(C)C(=O)O)n(C)nc2c1. The molecule has 0 radical (unpaired) electrons. The molecule has 1 heterocycles. The predicted molar refractivity (Wildman–Crippen MR) is 66.0 cm³/mol. The molecule has 1 N–H and O–H groups in total. The van der Waals surface area contributed by atoms with Gasteiger partial charge in [-0.15, -0.1) is 0 Å². The zero-order chi connectivity index (χ0) is 12.6. The van der Waals surface area contributed by atoms with E-state index in [4.69, 9.17) is 5.11 Å². The molecule has 0 saturated heterocycles. The minimum atomic E-state index is -0.772. The smallest absolute Gasteiger partial charge is 0.306 e. The first-order valence-corrected chi connectivity index (χ1v) is 5.64. The fourth-order valence-electron chi connectivity index (χ4n) is 1.98. The number of fused-ring (bicyclic) bond motifs is 1. The molecule has 2 rings (SSSR count). The third kappa shape index (κ3) is 2.16. The predicted octanol–water partition coefficient (Wildman–Crippen LogP) is 2.14. The van der Waals surface area contributed by atoms with Gasteiger partial charge in [-0.1, -0.05) is 19.1 Å². The number of aromatic nitrogens is 2. The van der Waals surface area contributed by atoms with Crippen LogP contribution in [-0.4, -0.2) is 20.9 Å². The van der Waals surface area contributed by atoms with Crippen LogP contribution < -0.4 is 0 Å². The van der Waals surface area contributed by atoms with E-state index >= 15 is 0 Å². The number of carboxylic acids is 1. The van der Waals surface area contributed by atoms with Crippen LogP contribution in [0.2, 0.25) is 0 Å². The summed E-state index contributed by atoms with van der Waals surface area (Å²) in [4.78, 5) is 10.9. The van der Waals surface area contributed by atoms with Crippen molar-refractivity contribution in [1.82, 2.24) is 9.78 Å². The van der Waals surface area contributed by atoms with E-state index in [2.05, 4.69) is 5.10 Å². The Morgan fingerprint density at radius 3 is 2.88 bits per heavy atom. The summed E-state index contributed by atoms with van der Waals surface area (Å²) in [6, 6.07) is 6.06. The van der Waals surface area contributed by atoms with Gasteiger partial charge in [0.25, 0.3) is 0 Å². The highest BCUT2D eigenvalue weighted by Gasteiger charge is 2.16. The molecule has 2 aromatic rings. The Morgan fingerprint density at radius 1 is 1.53 bits per heavy atom. The summed E-state index contributed by atoms with van der Waals surface area (Å²) >= 11 is 0. The van der Waals surface area contributed by atoms with Gasteiger partial charge in [-0.05, 0) is 18.6 Å². The summed E-state index contributed by atoms with van der Waals surface area (Å²) in [6.07, 6.45) is 0.505. The second-order valence-corrected chi connectivity index (χ2v) is 4.53. The van der Waals surface area contributed by atoms with Crippen molar-refractivity contribution in [3.63, 3.8) is 0 Å².